The smallest absolute Gasteiger partial charge is 0.220 e. The second-order valence-electron chi connectivity index (χ2n) is 7.56. The van der Waals surface area contributed by atoms with Crippen molar-refractivity contribution in [3.8, 4) is 0 Å². The summed E-state index contributed by atoms with van der Waals surface area (Å²) >= 11 is 0. The molecule has 1 aromatic carbocycles. The molecule has 5 heteroatoms. The third-order valence-electron chi connectivity index (χ3n) is 5.31. The molecule has 1 fully saturated rings. The van der Waals surface area contributed by atoms with Crippen LogP contribution in [-0.2, 0) is 4.79 Å². The largest absolute Gasteiger partial charge is 0.378 e. The second-order valence-corrected chi connectivity index (χ2v) is 7.56. The summed E-state index contributed by atoms with van der Waals surface area (Å²) in [4.78, 5) is 17.4. The lowest BCUT2D eigenvalue weighted by molar-refractivity contribution is -1.02. The van der Waals surface area contributed by atoms with E-state index in [1.54, 1.807) is 9.80 Å². The number of hydrogen-bond donors (Lipinski definition) is 3. The van der Waals surface area contributed by atoms with Gasteiger partial charge in [-0.15, -0.1) is 0 Å². The first-order valence-corrected chi connectivity index (χ1v) is 9.71. The van der Waals surface area contributed by atoms with E-state index in [1.165, 1.54) is 24.3 Å². The maximum absolute atomic E-state index is 12.1. The van der Waals surface area contributed by atoms with Crippen LogP contribution in [0, 0.1) is 0 Å². The number of amides is 1. The molecule has 1 saturated heterocycles. The highest BCUT2D eigenvalue weighted by atomic mass is 16.1. The zero-order chi connectivity index (χ0) is 18.2. The molecule has 1 aliphatic heterocycles. The van der Waals surface area contributed by atoms with Gasteiger partial charge in [0.05, 0.1) is 13.6 Å². The molecule has 0 radical (unpaired) electrons. The average Bonchev–Trinajstić information content (AvgIpc) is 2.62. The number of nitrogens with one attached hydrogen (secondary N) is 3. The van der Waals surface area contributed by atoms with Crippen LogP contribution in [0.25, 0.3) is 0 Å². The van der Waals surface area contributed by atoms with Crippen LogP contribution in [0.15, 0.2) is 24.3 Å². The second kappa shape index (κ2) is 9.78. The maximum atomic E-state index is 12.1. The van der Waals surface area contributed by atoms with Crippen LogP contribution in [0.4, 0.5) is 5.69 Å². The van der Waals surface area contributed by atoms with Gasteiger partial charge in [-0.2, -0.15) is 0 Å². The number of nitrogens with zero attached hydrogens (tertiary/aromatic N) is 1. The molecule has 0 bridgehead atoms. The summed E-state index contributed by atoms with van der Waals surface area (Å²) in [5.41, 5.74) is 2.54. The number of carbonyl (C=O) groups is 1. The van der Waals surface area contributed by atoms with E-state index >= 15 is 0 Å². The topological polar surface area (TPSA) is 41.2 Å². The Kier molecular flexibility index (Phi) is 7.72. The SMILES string of the molecule is CCCCC(=O)NC[C@H](c1ccc(N(C)C)cc1)[NH+]1CC[NH+](C)CC1. The fourth-order valence-corrected chi connectivity index (χ4v) is 3.49. The first-order valence-electron chi connectivity index (χ1n) is 9.71. The molecular formula is C20H36N4O+2. The van der Waals surface area contributed by atoms with Gasteiger partial charge >= 0.3 is 0 Å². The molecule has 1 amide bonds. The van der Waals surface area contributed by atoms with Crippen LogP contribution in [0.5, 0.6) is 0 Å². The highest BCUT2D eigenvalue weighted by Crippen LogP contribution is 2.16. The van der Waals surface area contributed by atoms with Crippen molar-refractivity contribution in [3.05, 3.63) is 29.8 Å². The van der Waals surface area contributed by atoms with E-state index in [2.05, 4.69) is 62.5 Å². The molecule has 0 aromatic heterocycles. The van der Waals surface area contributed by atoms with Crippen LogP contribution in [0.2, 0.25) is 0 Å². The Hall–Kier alpha value is -1.59. The van der Waals surface area contributed by atoms with E-state index in [0.717, 1.165) is 32.5 Å². The lowest BCUT2D eigenvalue weighted by Gasteiger charge is -2.33. The van der Waals surface area contributed by atoms with Crippen molar-refractivity contribution in [3.63, 3.8) is 0 Å². The Balaban J connectivity index is 2.06. The molecule has 0 saturated carbocycles. The fourth-order valence-electron chi connectivity index (χ4n) is 3.49. The molecule has 5 nitrogen and oxygen atoms in total. The number of carbonyl (C=O) groups excluding carboxylic acids is 1. The van der Waals surface area contributed by atoms with E-state index in [4.69, 9.17) is 0 Å². The van der Waals surface area contributed by atoms with Gasteiger partial charge < -0.3 is 20.0 Å². The van der Waals surface area contributed by atoms with Crippen LogP contribution >= 0.6 is 0 Å². The van der Waals surface area contributed by atoms with E-state index in [1.807, 2.05) is 0 Å². The molecule has 140 valence electrons. The molecule has 1 heterocycles. The van der Waals surface area contributed by atoms with Gasteiger partial charge in [0.25, 0.3) is 0 Å². The summed E-state index contributed by atoms with van der Waals surface area (Å²) in [6, 6.07) is 9.17. The summed E-state index contributed by atoms with van der Waals surface area (Å²) in [6.45, 7) is 7.58. The summed E-state index contributed by atoms with van der Waals surface area (Å²) in [6.07, 6.45) is 2.68. The lowest BCUT2D eigenvalue weighted by Crippen LogP contribution is -3.27. The highest BCUT2D eigenvalue weighted by molar-refractivity contribution is 5.75. The number of likely N-dealkylation sites (N-methyl/N-ethyl adjacent to an activating group) is 1. The Morgan fingerprint density at radius 1 is 1.16 bits per heavy atom. The molecule has 0 unspecified atom stereocenters. The summed E-state index contributed by atoms with van der Waals surface area (Å²) < 4.78 is 0. The van der Waals surface area contributed by atoms with Crippen LogP contribution in [0.1, 0.15) is 37.8 Å². The van der Waals surface area contributed by atoms with Gasteiger partial charge in [-0.25, -0.2) is 0 Å². The van der Waals surface area contributed by atoms with Gasteiger partial charge in [0.1, 0.15) is 32.2 Å². The van der Waals surface area contributed by atoms with Crippen LogP contribution < -0.4 is 20.0 Å². The molecule has 1 atom stereocenters. The van der Waals surface area contributed by atoms with E-state index in [0.29, 0.717) is 12.5 Å². The van der Waals surface area contributed by atoms with Crippen molar-refractivity contribution < 1.29 is 14.6 Å². The monoisotopic (exact) mass is 348 g/mol. The third-order valence-corrected chi connectivity index (χ3v) is 5.31. The molecule has 1 aromatic rings. The number of benzene rings is 1. The minimum atomic E-state index is 0.191. The van der Waals surface area contributed by atoms with Crippen molar-refractivity contribution in [2.24, 2.45) is 0 Å². The van der Waals surface area contributed by atoms with Crippen molar-refractivity contribution in [2.45, 2.75) is 32.2 Å². The molecule has 0 aliphatic carbocycles. The zero-order valence-electron chi connectivity index (χ0n) is 16.4. The number of anilines is 1. The van der Waals surface area contributed by atoms with E-state index in [9.17, 15) is 4.79 Å². The van der Waals surface area contributed by atoms with Gasteiger partial charge in [0.15, 0.2) is 0 Å². The van der Waals surface area contributed by atoms with Gasteiger partial charge in [-0.05, 0) is 18.6 Å². The zero-order valence-corrected chi connectivity index (χ0v) is 16.4. The quantitative estimate of drug-likeness (QED) is 0.594. The molecule has 1 aliphatic rings. The van der Waals surface area contributed by atoms with Crippen molar-refractivity contribution in [1.82, 2.24) is 5.32 Å². The predicted molar refractivity (Wildman–Crippen MR) is 103 cm³/mol. The standard InChI is InChI=1S/C20H34N4O/c1-5-6-7-20(25)21-16-19(24-14-12-23(4)13-15-24)17-8-10-18(11-9-17)22(2)3/h8-11,19H,5-7,12-16H2,1-4H3,(H,21,25)/p+2/t19-/m1/s1. The first-order chi connectivity index (χ1) is 12.0. The molecule has 25 heavy (non-hydrogen) atoms. The summed E-state index contributed by atoms with van der Waals surface area (Å²) in [5.74, 6) is 0.191. The van der Waals surface area contributed by atoms with Crippen molar-refractivity contribution in [1.29, 1.82) is 0 Å². The Labute approximate surface area is 153 Å². The normalized spacial score (nSPS) is 21.6. The summed E-state index contributed by atoms with van der Waals surface area (Å²) in [5, 5.41) is 3.18. The highest BCUT2D eigenvalue weighted by Gasteiger charge is 2.29. The fraction of sp³-hybridized carbons (Fsp3) is 0.650. The van der Waals surface area contributed by atoms with Crippen molar-refractivity contribution >= 4 is 11.6 Å². The summed E-state index contributed by atoms with van der Waals surface area (Å²) in [7, 11) is 6.40. The molecule has 3 N–H and O–H groups in total. The Bertz CT molecular complexity index is 521. The van der Waals surface area contributed by atoms with E-state index in [-0.39, 0.29) is 5.91 Å². The number of hydrogen-bond acceptors (Lipinski definition) is 2. The molecular weight excluding hydrogens is 312 g/mol. The van der Waals surface area contributed by atoms with Gasteiger partial charge in [0.2, 0.25) is 5.91 Å². The number of piperazine rings is 1. The number of rotatable bonds is 8. The maximum Gasteiger partial charge on any atom is 0.220 e. The van der Waals surface area contributed by atoms with Gasteiger partial charge in [-0.1, -0.05) is 25.5 Å². The minimum Gasteiger partial charge on any atom is -0.378 e. The first kappa shape index (κ1) is 19.7. The molecule has 0 spiro atoms. The van der Waals surface area contributed by atoms with Gasteiger partial charge in [0, 0.05) is 31.8 Å². The lowest BCUT2D eigenvalue weighted by atomic mass is 10.0. The van der Waals surface area contributed by atoms with Crippen LogP contribution in [-0.4, -0.2) is 59.8 Å². The molecule has 2 rings (SSSR count). The Morgan fingerprint density at radius 3 is 2.36 bits per heavy atom. The number of quaternary nitrogens is 2. The minimum absolute atomic E-state index is 0.191. The van der Waals surface area contributed by atoms with Gasteiger partial charge in [-0.3, -0.25) is 4.79 Å². The van der Waals surface area contributed by atoms with Crippen LogP contribution in [0.3, 0.4) is 0 Å². The van der Waals surface area contributed by atoms with E-state index < -0.39 is 0 Å². The number of unbranched alkanes of at least 4 members (excludes halogenated alkanes) is 1. The Morgan fingerprint density at radius 2 is 1.80 bits per heavy atom. The third kappa shape index (κ3) is 6.01. The average molecular weight is 349 g/mol. The van der Waals surface area contributed by atoms with Crippen molar-refractivity contribution in [2.75, 3.05) is 58.8 Å². The predicted octanol–water partition coefficient (Wildman–Crippen LogP) is -0.487.